The SMILES string of the molecule is CC[C@H](C)NC(=O)[C@@H](C1CCCC1)N1CCN(C(=O)c2ccc(Cl)cc2)CC1. The average Bonchev–Trinajstić information content (AvgIpc) is 3.23. The molecule has 1 heterocycles. The monoisotopic (exact) mass is 405 g/mol. The Morgan fingerprint density at radius 3 is 2.29 bits per heavy atom. The van der Waals surface area contributed by atoms with E-state index in [-0.39, 0.29) is 23.9 Å². The van der Waals surface area contributed by atoms with Crippen LogP contribution < -0.4 is 5.32 Å². The zero-order valence-corrected chi connectivity index (χ0v) is 17.8. The first-order valence-electron chi connectivity index (χ1n) is 10.6. The van der Waals surface area contributed by atoms with Gasteiger partial charge in [-0.1, -0.05) is 31.4 Å². The molecule has 1 aliphatic heterocycles. The van der Waals surface area contributed by atoms with Crippen molar-refractivity contribution >= 4 is 23.4 Å². The Balaban J connectivity index is 1.63. The fourth-order valence-corrected chi connectivity index (χ4v) is 4.49. The Labute approximate surface area is 173 Å². The number of nitrogens with zero attached hydrogens (tertiary/aromatic N) is 2. The molecule has 1 saturated heterocycles. The molecule has 154 valence electrons. The number of benzene rings is 1. The van der Waals surface area contributed by atoms with Crippen molar-refractivity contribution in [2.75, 3.05) is 26.2 Å². The van der Waals surface area contributed by atoms with Gasteiger partial charge in [0.1, 0.15) is 0 Å². The van der Waals surface area contributed by atoms with E-state index in [0.29, 0.717) is 29.6 Å². The van der Waals surface area contributed by atoms with Crippen molar-refractivity contribution in [3.05, 3.63) is 34.9 Å². The molecule has 6 heteroatoms. The first-order chi connectivity index (χ1) is 13.5. The summed E-state index contributed by atoms with van der Waals surface area (Å²) in [4.78, 5) is 30.0. The summed E-state index contributed by atoms with van der Waals surface area (Å²) in [7, 11) is 0. The molecular formula is C22H32ClN3O2. The van der Waals surface area contributed by atoms with Crippen LogP contribution in [0.5, 0.6) is 0 Å². The molecule has 1 aliphatic carbocycles. The van der Waals surface area contributed by atoms with E-state index in [1.54, 1.807) is 24.3 Å². The summed E-state index contributed by atoms with van der Waals surface area (Å²) in [5, 5.41) is 3.83. The van der Waals surface area contributed by atoms with Gasteiger partial charge >= 0.3 is 0 Å². The second-order valence-electron chi connectivity index (χ2n) is 8.14. The molecule has 1 aromatic rings. The van der Waals surface area contributed by atoms with Gasteiger partial charge in [-0.05, 0) is 56.4 Å². The summed E-state index contributed by atoms with van der Waals surface area (Å²) < 4.78 is 0. The van der Waals surface area contributed by atoms with Gasteiger partial charge in [0.2, 0.25) is 5.91 Å². The van der Waals surface area contributed by atoms with Crippen LogP contribution in [0.2, 0.25) is 5.02 Å². The number of hydrogen-bond donors (Lipinski definition) is 1. The van der Waals surface area contributed by atoms with Gasteiger partial charge < -0.3 is 10.2 Å². The minimum atomic E-state index is -0.0655. The number of carbonyl (C=O) groups excluding carboxylic acids is 2. The summed E-state index contributed by atoms with van der Waals surface area (Å²) in [6.07, 6.45) is 5.62. The summed E-state index contributed by atoms with van der Waals surface area (Å²) in [6.45, 7) is 6.95. The Morgan fingerprint density at radius 1 is 1.11 bits per heavy atom. The zero-order chi connectivity index (χ0) is 20.1. The van der Waals surface area contributed by atoms with E-state index in [1.807, 2.05) is 4.90 Å². The summed E-state index contributed by atoms with van der Waals surface area (Å²) >= 11 is 5.92. The fourth-order valence-electron chi connectivity index (χ4n) is 4.36. The number of nitrogens with one attached hydrogen (secondary N) is 1. The van der Waals surface area contributed by atoms with Crippen LogP contribution in [0.15, 0.2) is 24.3 Å². The van der Waals surface area contributed by atoms with Crippen LogP contribution in [0.4, 0.5) is 0 Å². The number of carbonyl (C=O) groups is 2. The molecule has 0 bridgehead atoms. The molecule has 1 N–H and O–H groups in total. The molecule has 1 saturated carbocycles. The average molecular weight is 406 g/mol. The van der Waals surface area contributed by atoms with E-state index in [2.05, 4.69) is 24.1 Å². The molecule has 3 rings (SSSR count). The summed E-state index contributed by atoms with van der Waals surface area (Å²) in [5.41, 5.74) is 0.666. The van der Waals surface area contributed by atoms with Crippen molar-refractivity contribution < 1.29 is 9.59 Å². The van der Waals surface area contributed by atoms with Gasteiger partial charge in [-0.15, -0.1) is 0 Å². The molecule has 0 aromatic heterocycles. The Kier molecular flexibility index (Phi) is 7.36. The molecule has 2 amide bonds. The quantitative estimate of drug-likeness (QED) is 0.787. The summed E-state index contributed by atoms with van der Waals surface area (Å²) in [5.74, 6) is 0.638. The molecule has 0 spiro atoms. The molecule has 2 fully saturated rings. The van der Waals surface area contributed by atoms with Crippen molar-refractivity contribution in [3.63, 3.8) is 0 Å². The Bertz CT molecular complexity index is 665. The predicted molar refractivity (Wildman–Crippen MR) is 113 cm³/mol. The smallest absolute Gasteiger partial charge is 0.253 e. The minimum absolute atomic E-state index is 0.0396. The maximum atomic E-state index is 13.0. The summed E-state index contributed by atoms with van der Waals surface area (Å²) in [6, 6.07) is 7.19. The second-order valence-corrected chi connectivity index (χ2v) is 8.58. The topological polar surface area (TPSA) is 52.7 Å². The standard InChI is InChI=1S/C22H32ClN3O2/c1-3-16(2)24-21(27)20(17-6-4-5-7-17)25-12-14-26(15-13-25)22(28)18-8-10-19(23)11-9-18/h8-11,16-17,20H,3-7,12-15H2,1-2H3,(H,24,27)/t16-,20+/m0/s1. The number of rotatable bonds is 6. The highest BCUT2D eigenvalue weighted by molar-refractivity contribution is 6.30. The van der Waals surface area contributed by atoms with Gasteiger partial charge in [0.05, 0.1) is 6.04 Å². The molecule has 5 nitrogen and oxygen atoms in total. The van der Waals surface area contributed by atoms with Crippen LogP contribution in [0.25, 0.3) is 0 Å². The number of hydrogen-bond acceptors (Lipinski definition) is 3. The number of halogens is 1. The highest BCUT2D eigenvalue weighted by atomic mass is 35.5. The van der Waals surface area contributed by atoms with Crippen LogP contribution in [-0.4, -0.2) is 59.9 Å². The molecule has 28 heavy (non-hydrogen) atoms. The van der Waals surface area contributed by atoms with Crippen molar-refractivity contribution in [2.24, 2.45) is 5.92 Å². The molecule has 2 atom stereocenters. The minimum Gasteiger partial charge on any atom is -0.352 e. The third kappa shape index (κ3) is 5.06. The van der Waals surface area contributed by atoms with Crippen molar-refractivity contribution in [1.29, 1.82) is 0 Å². The fraction of sp³-hybridized carbons (Fsp3) is 0.636. The zero-order valence-electron chi connectivity index (χ0n) is 17.0. The van der Waals surface area contributed by atoms with E-state index in [1.165, 1.54) is 12.8 Å². The van der Waals surface area contributed by atoms with Crippen molar-refractivity contribution in [3.8, 4) is 0 Å². The molecule has 0 radical (unpaired) electrons. The van der Waals surface area contributed by atoms with Gasteiger partial charge in [0.25, 0.3) is 5.91 Å². The maximum absolute atomic E-state index is 13.0. The maximum Gasteiger partial charge on any atom is 0.253 e. The number of piperazine rings is 1. The molecular weight excluding hydrogens is 374 g/mol. The van der Waals surface area contributed by atoms with Crippen LogP contribution in [0, 0.1) is 5.92 Å². The van der Waals surface area contributed by atoms with Gasteiger partial charge in [-0.2, -0.15) is 0 Å². The third-order valence-electron chi connectivity index (χ3n) is 6.20. The van der Waals surface area contributed by atoms with Crippen LogP contribution in [-0.2, 0) is 4.79 Å². The first-order valence-corrected chi connectivity index (χ1v) is 11.0. The predicted octanol–water partition coefficient (Wildman–Crippen LogP) is 3.57. The van der Waals surface area contributed by atoms with Crippen molar-refractivity contribution in [1.82, 2.24) is 15.1 Å². The first kappa shape index (κ1) is 21.1. The molecule has 1 aromatic carbocycles. The van der Waals surface area contributed by atoms with E-state index < -0.39 is 0 Å². The number of amides is 2. The van der Waals surface area contributed by atoms with Crippen LogP contribution in [0.1, 0.15) is 56.3 Å². The van der Waals surface area contributed by atoms with E-state index in [9.17, 15) is 9.59 Å². The lowest BCUT2D eigenvalue weighted by atomic mass is 9.94. The molecule has 0 unspecified atom stereocenters. The van der Waals surface area contributed by atoms with E-state index in [0.717, 1.165) is 32.4 Å². The third-order valence-corrected chi connectivity index (χ3v) is 6.45. The van der Waals surface area contributed by atoms with Gasteiger partial charge in [-0.3, -0.25) is 14.5 Å². The lowest BCUT2D eigenvalue weighted by Crippen LogP contribution is -2.58. The van der Waals surface area contributed by atoms with Crippen LogP contribution in [0.3, 0.4) is 0 Å². The van der Waals surface area contributed by atoms with Gasteiger partial charge in [-0.25, -0.2) is 0 Å². The molecule has 2 aliphatic rings. The largest absolute Gasteiger partial charge is 0.352 e. The van der Waals surface area contributed by atoms with Crippen LogP contribution >= 0.6 is 11.6 Å². The highest BCUT2D eigenvalue weighted by Gasteiger charge is 2.37. The highest BCUT2D eigenvalue weighted by Crippen LogP contribution is 2.31. The van der Waals surface area contributed by atoms with Crippen molar-refractivity contribution in [2.45, 2.75) is 58.0 Å². The van der Waals surface area contributed by atoms with Gasteiger partial charge in [0.15, 0.2) is 0 Å². The van der Waals surface area contributed by atoms with E-state index in [4.69, 9.17) is 11.6 Å². The van der Waals surface area contributed by atoms with E-state index >= 15 is 0 Å². The normalized spacial score (nSPS) is 20.8. The van der Waals surface area contributed by atoms with Gasteiger partial charge in [0, 0.05) is 42.8 Å². The Morgan fingerprint density at radius 2 is 1.71 bits per heavy atom. The lowest BCUT2D eigenvalue weighted by molar-refractivity contribution is -0.129. The lowest BCUT2D eigenvalue weighted by Gasteiger charge is -2.41. The second kappa shape index (κ2) is 9.75. The Hall–Kier alpha value is -1.59.